The third kappa shape index (κ3) is 4.65. The molecule has 1 heterocycles. The van der Waals surface area contributed by atoms with Crippen molar-refractivity contribution in [2.24, 2.45) is 5.92 Å². The fourth-order valence-corrected chi connectivity index (χ4v) is 3.04. The Morgan fingerprint density at radius 3 is 2.24 bits per heavy atom. The molecule has 152 valence electrons. The van der Waals surface area contributed by atoms with E-state index in [1.54, 1.807) is 24.3 Å². The van der Waals surface area contributed by atoms with Crippen molar-refractivity contribution < 1.29 is 18.7 Å². The minimum Gasteiger partial charge on any atom is -0.493 e. The van der Waals surface area contributed by atoms with Crippen LogP contribution >= 0.6 is 0 Å². The Hall–Kier alpha value is -3.15. The molecular weight excluding hydrogens is 371 g/mol. The molecule has 0 radical (unpaired) electrons. The van der Waals surface area contributed by atoms with Crippen molar-refractivity contribution in [2.75, 3.05) is 18.5 Å². The maximum atomic E-state index is 13.2. The van der Waals surface area contributed by atoms with Crippen LogP contribution in [0.25, 0.3) is 5.57 Å². The van der Waals surface area contributed by atoms with Crippen molar-refractivity contribution in [1.29, 1.82) is 0 Å². The second-order valence-corrected chi connectivity index (χ2v) is 7.37. The number of nitrogens with one attached hydrogen (secondary N) is 1. The molecule has 0 aromatic heterocycles. The average Bonchev–Trinajstić information content (AvgIpc) is 2.93. The molecular formula is C23H25FN2O3. The van der Waals surface area contributed by atoms with E-state index in [1.807, 2.05) is 6.92 Å². The molecule has 2 amide bonds. The summed E-state index contributed by atoms with van der Waals surface area (Å²) in [4.78, 5) is 27.1. The van der Waals surface area contributed by atoms with Gasteiger partial charge in [-0.1, -0.05) is 32.9 Å². The molecule has 3 rings (SSSR count). The van der Waals surface area contributed by atoms with Crippen LogP contribution in [0.1, 0.15) is 32.8 Å². The number of halogens is 1. The maximum absolute atomic E-state index is 13.2. The molecule has 2 aromatic rings. The van der Waals surface area contributed by atoms with Crippen LogP contribution in [0.5, 0.6) is 5.75 Å². The third-order valence-corrected chi connectivity index (χ3v) is 4.46. The van der Waals surface area contributed by atoms with Gasteiger partial charge in [-0.05, 0) is 54.3 Å². The van der Waals surface area contributed by atoms with Crippen LogP contribution < -0.4 is 10.1 Å². The lowest BCUT2D eigenvalue weighted by molar-refractivity contribution is -0.136. The van der Waals surface area contributed by atoms with Gasteiger partial charge in [-0.3, -0.25) is 14.5 Å². The van der Waals surface area contributed by atoms with E-state index in [0.717, 1.165) is 0 Å². The highest BCUT2D eigenvalue weighted by molar-refractivity contribution is 6.36. The quantitative estimate of drug-likeness (QED) is 0.669. The van der Waals surface area contributed by atoms with E-state index in [1.165, 1.54) is 29.2 Å². The summed E-state index contributed by atoms with van der Waals surface area (Å²) in [5.74, 6) is 0.0237. The molecule has 0 saturated heterocycles. The maximum Gasteiger partial charge on any atom is 0.278 e. The zero-order valence-electron chi connectivity index (χ0n) is 16.9. The average molecular weight is 396 g/mol. The highest BCUT2D eigenvalue weighted by Crippen LogP contribution is 2.31. The predicted octanol–water partition coefficient (Wildman–Crippen LogP) is 4.46. The fraction of sp³-hybridized carbons (Fsp3) is 0.304. The molecule has 2 aromatic carbocycles. The lowest BCUT2D eigenvalue weighted by atomic mass is 10.0. The number of benzene rings is 2. The number of anilines is 1. The molecule has 1 aliphatic rings. The zero-order valence-corrected chi connectivity index (χ0v) is 16.9. The van der Waals surface area contributed by atoms with Crippen molar-refractivity contribution >= 4 is 23.1 Å². The van der Waals surface area contributed by atoms with Crippen LogP contribution in [0.4, 0.5) is 10.1 Å². The van der Waals surface area contributed by atoms with Gasteiger partial charge in [-0.15, -0.1) is 0 Å². The number of carbonyl (C=O) groups is 2. The number of imide groups is 1. The van der Waals surface area contributed by atoms with E-state index in [0.29, 0.717) is 48.1 Å². The highest BCUT2D eigenvalue weighted by Gasteiger charge is 2.38. The van der Waals surface area contributed by atoms with Crippen molar-refractivity contribution in [3.05, 3.63) is 65.6 Å². The summed E-state index contributed by atoms with van der Waals surface area (Å²) in [6, 6.07) is 12.8. The van der Waals surface area contributed by atoms with Crippen LogP contribution in [-0.4, -0.2) is 29.9 Å². The van der Waals surface area contributed by atoms with Gasteiger partial charge in [-0.2, -0.15) is 0 Å². The van der Waals surface area contributed by atoms with Crippen LogP contribution in [0, 0.1) is 11.7 Å². The Bertz CT molecular complexity index is 918. The van der Waals surface area contributed by atoms with Crippen molar-refractivity contribution in [3.63, 3.8) is 0 Å². The summed E-state index contributed by atoms with van der Waals surface area (Å²) in [5, 5.41) is 3.01. The first kappa shape index (κ1) is 20.6. The van der Waals surface area contributed by atoms with Gasteiger partial charge in [0.1, 0.15) is 17.3 Å². The summed E-state index contributed by atoms with van der Waals surface area (Å²) in [5.41, 5.74) is 1.67. The largest absolute Gasteiger partial charge is 0.493 e. The molecule has 0 bridgehead atoms. The van der Waals surface area contributed by atoms with E-state index in [-0.39, 0.29) is 23.3 Å². The van der Waals surface area contributed by atoms with Gasteiger partial charge in [0.2, 0.25) is 0 Å². The number of carbonyl (C=O) groups excluding carboxylic acids is 2. The number of hydrogen-bond acceptors (Lipinski definition) is 4. The Morgan fingerprint density at radius 1 is 1.00 bits per heavy atom. The Kier molecular flexibility index (Phi) is 6.32. The van der Waals surface area contributed by atoms with Crippen LogP contribution in [0.3, 0.4) is 0 Å². The molecule has 0 atom stereocenters. The van der Waals surface area contributed by atoms with E-state index < -0.39 is 0 Å². The number of rotatable bonds is 8. The normalized spacial score (nSPS) is 14.2. The number of nitrogens with zero attached hydrogens (tertiary/aromatic N) is 1. The van der Waals surface area contributed by atoms with Gasteiger partial charge in [0.25, 0.3) is 11.8 Å². The van der Waals surface area contributed by atoms with Gasteiger partial charge in [0.05, 0.1) is 12.2 Å². The van der Waals surface area contributed by atoms with Gasteiger partial charge in [0, 0.05) is 12.2 Å². The second kappa shape index (κ2) is 8.90. The number of hydrogen-bond donors (Lipinski definition) is 1. The zero-order chi connectivity index (χ0) is 21.0. The predicted molar refractivity (Wildman–Crippen MR) is 111 cm³/mol. The van der Waals surface area contributed by atoms with Gasteiger partial charge < -0.3 is 10.1 Å². The van der Waals surface area contributed by atoms with Crippen LogP contribution in [0.2, 0.25) is 0 Å². The molecule has 0 aliphatic carbocycles. The monoisotopic (exact) mass is 396 g/mol. The first-order valence-electron chi connectivity index (χ1n) is 9.77. The lowest BCUT2D eigenvalue weighted by Crippen LogP contribution is -2.33. The topological polar surface area (TPSA) is 58.6 Å². The Labute approximate surface area is 170 Å². The molecule has 0 saturated carbocycles. The van der Waals surface area contributed by atoms with Gasteiger partial charge in [-0.25, -0.2) is 4.39 Å². The molecule has 5 nitrogen and oxygen atoms in total. The highest BCUT2D eigenvalue weighted by atomic mass is 19.1. The molecule has 0 fully saturated rings. The second-order valence-electron chi connectivity index (χ2n) is 7.37. The summed E-state index contributed by atoms with van der Waals surface area (Å²) >= 11 is 0. The third-order valence-electron chi connectivity index (χ3n) is 4.46. The van der Waals surface area contributed by atoms with E-state index in [4.69, 9.17) is 4.74 Å². The molecule has 1 N–H and O–H groups in total. The standard InChI is InChI=1S/C23H25FN2O3/c1-4-13-26-22(27)20(16-5-11-19(12-6-16)29-14-15(2)3)21(23(26)28)25-18-9-7-17(24)8-10-18/h5-12,15,25H,4,13-14H2,1-3H3. The molecule has 0 spiro atoms. The Morgan fingerprint density at radius 2 is 1.66 bits per heavy atom. The minimum absolute atomic E-state index is 0.200. The van der Waals surface area contributed by atoms with E-state index in [9.17, 15) is 14.0 Å². The Balaban J connectivity index is 1.95. The summed E-state index contributed by atoms with van der Waals surface area (Å²) in [6.07, 6.45) is 0.663. The van der Waals surface area contributed by atoms with Crippen molar-refractivity contribution in [1.82, 2.24) is 4.90 Å². The molecule has 29 heavy (non-hydrogen) atoms. The van der Waals surface area contributed by atoms with E-state index >= 15 is 0 Å². The summed E-state index contributed by atoms with van der Waals surface area (Å²) in [6.45, 7) is 6.98. The molecule has 1 aliphatic heterocycles. The molecule has 0 unspecified atom stereocenters. The lowest BCUT2D eigenvalue weighted by Gasteiger charge is -2.13. The fourth-order valence-electron chi connectivity index (χ4n) is 3.04. The van der Waals surface area contributed by atoms with Crippen LogP contribution in [0.15, 0.2) is 54.2 Å². The van der Waals surface area contributed by atoms with Gasteiger partial charge in [0.15, 0.2) is 0 Å². The van der Waals surface area contributed by atoms with Crippen LogP contribution in [-0.2, 0) is 9.59 Å². The number of ether oxygens (including phenoxy) is 1. The van der Waals surface area contributed by atoms with Crippen molar-refractivity contribution in [3.8, 4) is 5.75 Å². The van der Waals surface area contributed by atoms with Crippen molar-refractivity contribution in [2.45, 2.75) is 27.2 Å². The number of amides is 2. The van der Waals surface area contributed by atoms with Gasteiger partial charge >= 0.3 is 0 Å². The SMILES string of the molecule is CCCN1C(=O)C(Nc2ccc(F)cc2)=C(c2ccc(OCC(C)C)cc2)C1=O. The molecule has 6 heteroatoms. The smallest absolute Gasteiger partial charge is 0.278 e. The minimum atomic E-state index is -0.378. The first-order chi connectivity index (χ1) is 13.9. The summed E-state index contributed by atoms with van der Waals surface area (Å²) < 4.78 is 18.9. The first-order valence-corrected chi connectivity index (χ1v) is 9.77. The summed E-state index contributed by atoms with van der Waals surface area (Å²) in [7, 11) is 0. The van der Waals surface area contributed by atoms with E-state index in [2.05, 4.69) is 19.2 Å².